The maximum atomic E-state index is 6.07. The van der Waals surface area contributed by atoms with E-state index >= 15 is 0 Å². The van der Waals surface area contributed by atoms with Crippen LogP contribution in [0, 0.1) is 6.92 Å². The average molecular weight is 483 g/mol. The molecule has 1 N–H and O–H groups in total. The van der Waals surface area contributed by atoms with Crippen LogP contribution >= 0.6 is 28.3 Å². The van der Waals surface area contributed by atoms with E-state index in [9.17, 15) is 0 Å². The first-order valence-electron chi connectivity index (χ1n) is 10.4. The summed E-state index contributed by atoms with van der Waals surface area (Å²) in [5.41, 5.74) is 3.62. The van der Waals surface area contributed by atoms with Gasteiger partial charge in [0.15, 0.2) is 11.5 Å². The first kappa shape index (κ1) is 24.0. The van der Waals surface area contributed by atoms with Gasteiger partial charge in [-0.1, -0.05) is 61.9 Å². The van der Waals surface area contributed by atoms with E-state index in [-0.39, 0.29) is 12.4 Å². The molecule has 0 bridgehead atoms. The smallest absolute Gasteiger partial charge is 0.175 e. The second kappa shape index (κ2) is 12.5. The highest BCUT2D eigenvalue weighted by atomic mass is 79.9. The Morgan fingerprint density at radius 2 is 1.62 bits per heavy atom. The number of nitrogens with one attached hydrogen (secondary N) is 1. The summed E-state index contributed by atoms with van der Waals surface area (Å²) in [7, 11) is 1.70. The zero-order valence-electron chi connectivity index (χ0n) is 17.5. The molecule has 160 valence electrons. The van der Waals surface area contributed by atoms with Crippen molar-refractivity contribution in [3.05, 3.63) is 57.6 Å². The molecule has 0 spiro atoms. The van der Waals surface area contributed by atoms with Gasteiger partial charge >= 0.3 is 0 Å². The molecule has 1 aliphatic carbocycles. The standard InChI is InChI=1S/C24H32BrNO2.ClH/c1-18-10-12-19(13-11-18)17-28-24-22(25)14-20(15-23(24)27-2)16-26-21-8-6-4-3-5-7-9-21;/h10-15,21,26H,3-9,16-17H2,1-2H3;1H. The second-order valence-electron chi connectivity index (χ2n) is 7.81. The summed E-state index contributed by atoms with van der Waals surface area (Å²) in [6.45, 7) is 3.47. The van der Waals surface area contributed by atoms with Crippen molar-refractivity contribution in [1.82, 2.24) is 5.32 Å². The van der Waals surface area contributed by atoms with Gasteiger partial charge in [-0.25, -0.2) is 0 Å². The van der Waals surface area contributed by atoms with E-state index in [2.05, 4.69) is 64.6 Å². The first-order chi connectivity index (χ1) is 13.7. The van der Waals surface area contributed by atoms with Gasteiger partial charge in [0.05, 0.1) is 11.6 Å². The number of halogens is 2. The third kappa shape index (κ3) is 7.51. The zero-order chi connectivity index (χ0) is 19.8. The van der Waals surface area contributed by atoms with Crippen molar-refractivity contribution >= 4 is 28.3 Å². The molecule has 29 heavy (non-hydrogen) atoms. The molecule has 0 unspecified atom stereocenters. The average Bonchev–Trinajstić information content (AvgIpc) is 2.67. The van der Waals surface area contributed by atoms with Gasteiger partial charge < -0.3 is 14.8 Å². The van der Waals surface area contributed by atoms with Crippen LogP contribution in [-0.2, 0) is 13.2 Å². The summed E-state index contributed by atoms with van der Waals surface area (Å²) < 4.78 is 12.6. The van der Waals surface area contributed by atoms with Crippen molar-refractivity contribution < 1.29 is 9.47 Å². The van der Waals surface area contributed by atoms with Gasteiger partial charge in [0, 0.05) is 12.6 Å². The maximum absolute atomic E-state index is 6.07. The van der Waals surface area contributed by atoms with Crippen LogP contribution < -0.4 is 14.8 Å². The normalized spacial score (nSPS) is 15.1. The second-order valence-corrected chi connectivity index (χ2v) is 8.66. The molecule has 0 aliphatic heterocycles. The number of methoxy groups -OCH3 is 1. The van der Waals surface area contributed by atoms with Crippen LogP contribution in [0.4, 0.5) is 0 Å². The van der Waals surface area contributed by atoms with Crippen molar-refractivity contribution in [1.29, 1.82) is 0 Å². The molecule has 0 atom stereocenters. The van der Waals surface area contributed by atoms with E-state index in [1.54, 1.807) is 7.11 Å². The largest absolute Gasteiger partial charge is 0.493 e. The number of aryl methyl sites for hydroxylation is 1. The third-order valence-electron chi connectivity index (χ3n) is 5.49. The van der Waals surface area contributed by atoms with Crippen LogP contribution in [0.3, 0.4) is 0 Å². The van der Waals surface area contributed by atoms with Crippen LogP contribution in [0.2, 0.25) is 0 Å². The Balaban J connectivity index is 0.00000300. The van der Waals surface area contributed by atoms with E-state index < -0.39 is 0 Å². The molecule has 2 aromatic carbocycles. The Morgan fingerprint density at radius 1 is 0.966 bits per heavy atom. The number of hydrogen-bond donors (Lipinski definition) is 1. The highest BCUT2D eigenvalue weighted by Gasteiger charge is 2.14. The maximum Gasteiger partial charge on any atom is 0.175 e. The molecule has 0 saturated heterocycles. The van der Waals surface area contributed by atoms with Gasteiger partial charge in [0.25, 0.3) is 0 Å². The summed E-state index contributed by atoms with van der Waals surface area (Å²) in [6, 6.07) is 13.3. The Kier molecular flexibility index (Phi) is 10.3. The predicted molar refractivity (Wildman–Crippen MR) is 126 cm³/mol. The first-order valence-corrected chi connectivity index (χ1v) is 11.2. The summed E-state index contributed by atoms with van der Waals surface area (Å²) in [5, 5.41) is 3.75. The van der Waals surface area contributed by atoms with Gasteiger partial charge in [-0.05, 0) is 59.0 Å². The lowest BCUT2D eigenvalue weighted by Gasteiger charge is -2.21. The summed E-state index contributed by atoms with van der Waals surface area (Å²) in [4.78, 5) is 0. The monoisotopic (exact) mass is 481 g/mol. The minimum Gasteiger partial charge on any atom is -0.493 e. The minimum atomic E-state index is 0. The van der Waals surface area contributed by atoms with Crippen molar-refractivity contribution in [2.45, 2.75) is 71.1 Å². The minimum absolute atomic E-state index is 0. The van der Waals surface area contributed by atoms with Gasteiger partial charge in [0.1, 0.15) is 6.61 Å². The Labute approximate surface area is 190 Å². The predicted octanol–water partition coefficient (Wildman–Crippen LogP) is 6.97. The van der Waals surface area contributed by atoms with Crippen molar-refractivity contribution in [3.63, 3.8) is 0 Å². The van der Waals surface area contributed by atoms with Crippen LogP contribution in [0.5, 0.6) is 11.5 Å². The summed E-state index contributed by atoms with van der Waals surface area (Å²) in [5.74, 6) is 1.54. The Hall–Kier alpha value is -1.23. The van der Waals surface area contributed by atoms with Crippen molar-refractivity contribution in [2.75, 3.05) is 7.11 Å². The fourth-order valence-electron chi connectivity index (χ4n) is 3.78. The molecule has 0 radical (unpaired) electrons. The molecule has 3 rings (SSSR count). The van der Waals surface area contributed by atoms with E-state index in [0.717, 1.165) is 28.1 Å². The molecule has 0 amide bonds. The molecule has 5 heteroatoms. The van der Waals surface area contributed by atoms with E-state index in [1.807, 2.05) is 0 Å². The number of rotatable bonds is 7. The van der Waals surface area contributed by atoms with Crippen molar-refractivity contribution in [3.8, 4) is 11.5 Å². The number of ether oxygens (including phenoxy) is 2. The SMILES string of the molecule is COc1cc(CNC2CCCCCCC2)cc(Br)c1OCc1ccc(C)cc1.Cl. The third-order valence-corrected chi connectivity index (χ3v) is 6.08. The van der Waals surface area contributed by atoms with E-state index in [4.69, 9.17) is 9.47 Å². The highest BCUT2D eigenvalue weighted by Crippen LogP contribution is 2.37. The summed E-state index contributed by atoms with van der Waals surface area (Å²) >= 11 is 3.68. The zero-order valence-corrected chi connectivity index (χ0v) is 19.9. The lowest BCUT2D eigenvalue weighted by molar-refractivity contribution is 0.282. The number of benzene rings is 2. The molecule has 3 nitrogen and oxygen atoms in total. The number of hydrogen-bond acceptors (Lipinski definition) is 3. The molecule has 1 fully saturated rings. The molecular formula is C24H33BrClNO2. The van der Waals surface area contributed by atoms with Crippen LogP contribution in [0.15, 0.2) is 40.9 Å². The Bertz CT molecular complexity index is 743. The molecular weight excluding hydrogens is 450 g/mol. The molecule has 1 aliphatic rings. The van der Waals surface area contributed by atoms with Gasteiger partial charge in [-0.3, -0.25) is 0 Å². The molecule has 2 aromatic rings. The van der Waals surface area contributed by atoms with Crippen LogP contribution in [0.25, 0.3) is 0 Å². The fraction of sp³-hybridized carbons (Fsp3) is 0.500. The lowest BCUT2D eigenvalue weighted by atomic mass is 9.96. The lowest BCUT2D eigenvalue weighted by Crippen LogP contribution is -2.29. The van der Waals surface area contributed by atoms with Gasteiger partial charge in [0.2, 0.25) is 0 Å². The molecule has 0 heterocycles. The molecule has 0 aromatic heterocycles. The van der Waals surface area contributed by atoms with Gasteiger partial charge in [-0.2, -0.15) is 0 Å². The fourth-order valence-corrected chi connectivity index (χ4v) is 4.38. The van der Waals surface area contributed by atoms with Gasteiger partial charge in [-0.15, -0.1) is 12.4 Å². The topological polar surface area (TPSA) is 30.5 Å². The Morgan fingerprint density at radius 3 is 2.28 bits per heavy atom. The van der Waals surface area contributed by atoms with E-state index in [0.29, 0.717) is 12.6 Å². The quantitative estimate of drug-likeness (QED) is 0.462. The molecule has 1 saturated carbocycles. The highest BCUT2D eigenvalue weighted by molar-refractivity contribution is 9.10. The van der Waals surface area contributed by atoms with Crippen LogP contribution in [0.1, 0.15) is 61.6 Å². The van der Waals surface area contributed by atoms with Crippen molar-refractivity contribution in [2.24, 2.45) is 0 Å². The van der Waals surface area contributed by atoms with E-state index in [1.165, 1.54) is 56.1 Å². The van der Waals surface area contributed by atoms with Crippen LogP contribution in [-0.4, -0.2) is 13.2 Å². The summed E-state index contributed by atoms with van der Waals surface area (Å²) in [6.07, 6.45) is 9.43.